The first-order chi connectivity index (χ1) is 10.3. The molecule has 3 heteroatoms. The molecule has 1 aliphatic rings. The highest BCUT2D eigenvalue weighted by Gasteiger charge is 2.24. The highest BCUT2D eigenvalue weighted by atomic mass is 32.2. The number of hydrogen-bond donors (Lipinski definition) is 1. The normalized spacial score (nSPS) is 18.5. The van der Waals surface area contributed by atoms with Crippen molar-refractivity contribution in [2.45, 2.75) is 29.4 Å². The minimum absolute atomic E-state index is 0.113. The summed E-state index contributed by atoms with van der Waals surface area (Å²) in [5, 5.41) is 0.572. The van der Waals surface area contributed by atoms with E-state index in [-0.39, 0.29) is 5.82 Å². The Hall–Kier alpha value is -1.32. The third-order valence-electron chi connectivity index (χ3n) is 4.11. The van der Waals surface area contributed by atoms with Crippen molar-refractivity contribution >= 4 is 11.8 Å². The van der Waals surface area contributed by atoms with Gasteiger partial charge in [-0.3, -0.25) is 0 Å². The zero-order chi connectivity index (χ0) is 14.7. The predicted octanol–water partition coefficient (Wildman–Crippen LogP) is 4.05. The molecule has 0 aliphatic carbocycles. The van der Waals surface area contributed by atoms with Crippen molar-refractivity contribution in [2.75, 3.05) is 6.54 Å². The second-order valence-electron chi connectivity index (χ2n) is 5.68. The third kappa shape index (κ3) is 3.47. The van der Waals surface area contributed by atoms with E-state index < -0.39 is 0 Å². The van der Waals surface area contributed by atoms with Crippen molar-refractivity contribution in [3.05, 3.63) is 65.5 Å². The molecule has 0 amide bonds. The van der Waals surface area contributed by atoms with Gasteiger partial charge in [0.1, 0.15) is 5.82 Å². The number of rotatable bonds is 5. The Morgan fingerprint density at radius 3 is 2.67 bits per heavy atom. The minimum Gasteiger partial charge on any atom is -0.330 e. The van der Waals surface area contributed by atoms with E-state index in [4.69, 9.17) is 5.73 Å². The van der Waals surface area contributed by atoms with E-state index in [0.717, 1.165) is 24.8 Å². The summed E-state index contributed by atoms with van der Waals surface area (Å²) in [7, 11) is 0. The fourth-order valence-electron chi connectivity index (χ4n) is 3.00. The summed E-state index contributed by atoms with van der Waals surface area (Å²) in [5.41, 5.74) is 8.15. The highest BCUT2D eigenvalue weighted by molar-refractivity contribution is 8.00. The fraction of sp³-hybridized carbons (Fsp3) is 0.333. The Morgan fingerprint density at radius 1 is 1.14 bits per heavy atom. The van der Waals surface area contributed by atoms with E-state index in [1.54, 1.807) is 6.07 Å². The lowest BCUT2D eigenvalue weighted by Gasteiger charge is -2.19. The maximum Gasteiger partial charge on any atom is 0.126 e. The molecular weight excluding hydrogens is 281 g/mol. The van der Waals surface area contributed by atoms with Gasteiger partial charge in [-0.05, 0) is 55.0 Å². The Kier molecular flexibility index (Phi) is 4.61. The van der Waals surface area contributed by atoms with Gasteiger partial charge in [-0.2, -0.15) is 0 Å². The van der Waals surface area contributed by atoms with E-state index in [0.29, 0.717) is 17.7 Å². The molecule has 1 aliphatic heterocycles. The van der Waals surface area contributed by atoms with Crippen LogP contribution in [0.5, 0.6) is 0 Å². The molecule has 2 aromatic carbocycles. The smallest absolute Gasteiger partial charge is 0.126 e. The molecule has 1 nitrogen and oxygen atoms in total. The zero-order valence-electron chi connectivity index (χ0n) is 12.0. The molecule has 0 fully saturated rings. The van der Waals surface area contributed by atoms with Gasteiger partial charge < -0.3 is 5.73 Å². The van der Waals surface area contributed by atoms with Crippen LogP contribution in [0.3, 0.4) is 0 Å². The van der Waals surface area contributed by atoms with Crippen molar-refractivity contribution in [2.24, 2.45) is 11.7 Å². The number of nitrogens with two attached hydrogens (primary N) is 1. The highest BCUT2D eigenvalue weighted by Crippen LogP contribution is 2.39. The summed E-state index contributed by atoms with van der Waals surface area (Å²) in [6, 6.07) is 15.6. The predicted molar refractivity (Wildman–Crippen MR) is 87.1 cm³/mol. The van der Waals surface area contributed by atoms with E-state index >= 15 is 0 Å². The number of halogens is 1. The first kappa shape index (κ1) is 14.6. The third-order valence-corrected chi connectivity index (χ3v) is 5.45. The SMILES string of the molecule is NCC(Cc1ccccc1F)CC1Cc2ccccc2S1. The van der Waals surface area contributed by atoms with Crippen LogP contribution in [0, 0.1) is 11.7 Å². The topological polar surface area (TPSA) is 26.0 Å². The summed E-state index contributed by atoms with van der Waals surface area (Å²) in [4.78, 5) is 1.39. The molecule has 0 spiro atoms. The molecule has 0 saturated heterocycles. The standard InChI is InChI=1S/C18H20FNS/c19-17-7-3-1-5-14(17)9-13(12-20)10-16-11-15-6-2-4-8-18(15)21-16/h1-8,13,16H,9-12,20H2. The van der Waals surface area contributed by atoms with Crippen LogP contribution in [-0.2, 0) is 12.8 Å². The Bertz CT molecular complexity index is 589. The van der Waals surface area contributed by atoms with Gasteiger partial charge in [0, 0.05) is 10.1 Å². The molecule has 2 aromatic rings. The van der Waals surface area contributed by atoms with Crippen LogP contribution >= 0.6 is 11.8 Å². The summed E-state index contributed by atoms with van der Waals surface area (Å²) in [5.74, 6) is 0.229. The fourth-order valence-corrected chi connectivity index (χ4v) is 4.45. The van der Waals surface area contributed by atoms with Crippen molar-refractivity contribution < 1.29 is 4.39 Å². The second-order valence-corrected chi connectivity index (χ2v) is 7.03. The van der Waals surface area contributed by atoms with Crippen LogP contribution in [0.15, 0.2) is 53.4 Å². The molecule has 0 saturated carbocycles. The van der Waals surface area contributed by atoms with Crippen molar-refractivity contribution in [3.63, 3.8) is 0 Å². The van der Waals surface area contributed by atoms with Crippen molar-refractivity contribution in [1.29, 1.82) is 0 Å². The molecule has 21 heavy (non-hydrogen) atoms. The molecule has 2 N–H and O–H groups in total. The quantitative estimate of drug-likeness (QED) is 0.901. The largest absolute Gasteiger partial charge is 0.330 e. The number of hydrogen-bond acceptors (Lipinski definition) is 2. The molecule has 2 atom stereocenters. The Balaban J connectivity index is 1.63. The first-order valence-corrected chi connectivity index (χ1v) is 8.32. The average molecular weight is 301 g/mol. The van der Waals surface area contributed by atoms with E-state index in [1.165, 1.54) is 16.5 Å². The van der Waals surface area contributed by atoms with Gasteiger partial charge in [-0.15, -0.1) is 11.8 Å². The van der Waals surface area contributed by atoms with E-state index in [2.05, 4.69) is 24.3 Å². The lowest BCUT2D eigenvalue weighted by molar-refractivity contribution is 0.473. The van der Waals surface area contributed by atoms with Gasteiger partial charge in [0.15, 0.2) is 0 Å². The summed E-state index contributed by atoms with van der Waals surface area (Å²) in [6.45, 7) is 0.613. The number of thioether (sulfide) groups is 1. The van der Waals surface area contributed by atoms with Gasteiger partial charge >= 0.3 is 0 Å². The lowest BCUT2D eigenvalue weighted by atomic mass is 9.93. The van der Waals surface area contributed by atoms with Crippen LogP contribution in [0.2, 0.25) is 0 Å². The van der Waals surface area contributed by atoms with Crippen LogP contribution in [0.25, 0.3) is 0 Å². The number of fused-ring (bicyclic) bond motifs is 1. The van der Waals surface area contributed by atoms with Gasteiger partial charge in [0.05, 0.1) is 0 Å². The van der Waals surface area contributed by atoms with Gasteiger partial charge in [0.2, 0.25) is 0 Å². The Morgan fingerprint density at radius 2 is 1.90 bits per heavy atom. The van der Waals surface area contributed by atoms with Gasteiger partial charge in [-0.25, -0.2) is 4.39 Å². The van der Waals surface area contributed by atoms with E-state index in [1.807, 2.05) is 23.9 Å². The summed E-state index contributed by atoms with van der Waals surface area (Å²) in [6.07, 6.45) is 2.88. The first-order valence-electron chi connectivity index (χ1n) is 7.44. The minimum atomic E-state index is -0.113. The maximum absolute atomic E-state index is 13.8. The average Bonchev–Trinajstić information content (AvgIpc) is 2.91. The molecule has 0 radical (unpaired) electrons. The molecule has 0 bridgehead atoms. The summed E-state index contributed by atoms with van der Waals surface area (Å²) >= 11 is 1.95. The van der Waals surface area contributed by atoms with Crippen LogP contribution in [0.4, 0.5) is 4.39 Å². The monoisotopic (exact) mass is 301 g/mol. The van der Waals surface area contributed by atoms with Crippen molar-refractivity contribution in [1.82, 2.24) is 0 Å². The zero-order valence-corrected chi connectivity index (χ0v) is 12.8. The second kappa shape index (κ2) is 6.63. The molecule has 3 rings (SSSR count). The van der Waals surface area contributed by atoms with Gasteiger partial charge in [0.25, 0.3) is 0 Å². The van der Waals surface area contributed by atoms with Crippen molar-refractivity contribution in [3.8, 4) is 0 Å². The molecule has 110 valence electrons. The van der Waals surface area contributed by atoms with Gasteiger partial charge in [-0.1, -0.05) is 36.4 Å². The molecule has 0 aromatic heterocycles. The van der Waals surface area contributed by atoms with Crippen LogP contribution in [-0.4, -0.2) is 11.8 Å². The van der Waals surface area contributed by atoms with E-state index in [9.17, 15) is 4.39 Å². The summed E-state index contributed by atoms with van der Waals surface area (Å²) < 4.78 is 13.8. The molecule has 2 unspecified atom stereocenters. The maximum atomic E-state index is 13.8. The molecule has 1 heterocycles. The Labute approximate surface area is 129 Å². The van der Waals surface area contributed by atoms with Crippen LogP contribution in [0.1, 0.15) is 17.5 Å². The lowest BCUT2D eigenvalue weighted by Crippen LogP contribution is -2.21. The number of benzene rings is 2. The van der Waals surface area contributed by atoms with Crippen LogP contribution < -0.4 is 5.73 Å². The molecular formula is C18H20FNS.